The van der Waals surface area contributed by atoms with Gasteiger partial charge in [0.05, 0.1) is 6.42 Å². The Morgan fingerprint density at radius 3 is 3.13 bits per heavy atom. The van der Waals surface area contributed by atoms with Crippen LogP contribution in [0.25, 0.3) is 0 Å². The Bertz CT molecular complexity index is 399. The van der Waals surface area contributed by atoms with Gasteiger partial charge in [0, 0.05) is 12.2 Å². The van der Waals surface area contributed by atoms with Gasteiger partial charge in [-0.2, -0.15) is 0 Å². The summed E-state index contributed by atoms with van der Waals surface area (Å²) in [5, 5.41) is 3.20. The van der Waals surface area contributed by atoms with E-state index in [1.54, 1.807) is 6.08 Å². The van der Waals surface area contributed by atoms with Crippen LogP contribution in [-0.4, -0.2) is 12.5 Å². The van der Waals surface area contributed by atoms with Crippen LogP contribution in [-0.2, 0) is 11.2 Å². The van der Waals surface area contributed by atoms with Crippen LogP contribution in [0.15, 0.2) is 30.9 Å². The van der Waals surface area contributed by atoms with Crippen LogP contribution in [0, 0.1) is 0 Å². The van der Waals surface area contributed by atoms with E-state index in [0.717, 1.165) is 24.2 Å². The zero-order chi connectivity index (χ0) is 10.7. The number of hydrogen-bond donors (Lipinski definition) is 1. The molecule has 1 N–H and O–H groups in total. The molecule has 1 heterocycles. The summed E-state index contributed by atoms with van der Waals surface area (Å²) in [7, 11) is 0. The number of ether oxygens (including phenoxy) is 1. The predicted octanol–water partition coefficient (Wildman–Crippen LogP) is 2.14. The van der Waals surface area contributed by atoms with Crippen molar-refractivity contribution in [2.75, 3.05) is 11.9 Å². The van der Waals surface area contributed by atoms with Crippen molar-refractivity contribution in [3.8, 4) is 5.75 Å². The molecule has 0 unspecified atom stereocenters. The van der Waals surface area contributed by atoms with Crippen LogP contribution in [0.1, 0.15) is 12.0 Å². The summed E-state index contributed by atoms with van der Waals surface area (Å²) < 4.78 is 5.10. The van der Waals surface area contributed by atoms with Gasteiger partial charge in [-0.15, -0.1) is 6.58 Å². The zero-order valence-corrected chi connectivity index (χ0v) is 8.45. The van der Waals surface area contributed by atoms with Crippen molar-refractivity contribution in [2.45, 2.75) is 12.8 Å². The minimum absolute atomic E-state index is 0.144. The zero-order valence-electron chi connectivity index (χ0n) is 8.45. The van der Waals surface area contributed by atoms with E-state index in [0.29, 0.717) is 12.2 Å². The molecule has 0 spiro atoms. The average Bonchev–Trinajstić information content (AvgIpc) is 2.26. The van der Waals surface area contributed by atoms with Crippen LogP contribution in [0.4, 0.5) is 5.69 Å². The molecular weight excluding hydrogens is 190 g/mol. The number of fused-ring (bicyclic) bond motifs is 1. The van der Waals surface area contributed by atoms with Crippen molar-refractivity contribution < 1.29 is 9.53 Å². The Kier molecular flexibility index (Phi) is 2.72. The third-order valence-corrected chi connectivity index (χ3v) is 2.33. The molecule has 15 heavy (non-hydrogen) atoms. The normalized spacial score (nSPS) is 14.0. The maximum atomic E-state index is 11.0. The maximum Gasteiger partial charge on any atom is 0.311 e. The van der Waals surface area contributed by atoms with Crippen LogP contribution < -0.4 is 10.1 Å². The minimum Gasteiger partial charge on any atom is -0.426 e. The number of nitrogens with one attached hydrogen (secondary N) is 1. The second kappa shape index (κ2) is 4.17. The van der Waals surface area contributed by atoms with Crippen molar-refractivity contribution in [3.05, 3.63) is 36.4 Å². The summed E-state index contributed by atoms with van der Waals surface area (Å²) in [6.45, 7) is 4.38. The summed E-state index contributed by atoms with van der Waals surface area (Å²) in [5.41, 5.74) is 2.12. The smallest absolute Gasteiger partial charge is 0.311 e. The molecule has 0 aliphatic carbocycles. The highest BCUT2D eigenvalue weighted by atomic mass is 16.5. The lowest BCUT2D eigenvalue weighted by molar-refractivity contribution is -0.135. The van der Waals surface area contributed by atoms with Gasteiger partial charge < -0.3 is 10.1 Å². The first kappa shape index (κ1) is 9.77. The lowest BCUT2D eigenvalue weighted by Crippen LogP contribution is -2.15. The minimum atomic E-state index is -0.144. The van der Waals surface area contributed by atoms with E-state index in [2.05, 4.69) is 11.9 Å². The second-order valence-electron chi connectivity index (χ2n) is 3.47. The van der Waals surface area contributed by atoms with Gasteiger partial charge in [-0.3, -0.25) is 4.79 Å². The van der Waals surface area contributed by atoms with Gasteiger partial charge in [-0.1, -0.05) is 6.08 Å². The van der Waals surface area contributed by atoms with E-state index >= 15 is 0 Å². The third kappa shape index (κ3) is 2.18. The van der Waals surface area contributed by atoms with E-state index < -0.39 is 0 Å². The maximum absolute atomic E-state index is 11.0. The van der Waals surface area contributed by atoms with E-state index in [1.807, 2.05) is 18.2 Å². The molecule has 0 saturated heterocycles. The Labute approximate surface area is 88.8 Å². The predicted molar refractivity (Wildman–Crippen MR) is 59.1 cm³/mol. The Balaban J connectivity index is 2.19. The molecule has 78 valence electrons. The van der Waals surface area contributed by atoms with Gasteiger partial charge in [0.15, 0.2) is 0 Å². The summed E-state index contributed by atoms with van der Waals surface area (Å²) in [6.07, 6.45) is 3.04. The van der Waals surface area contributed by atoms with Gasteiger partial charge in [-0.25, -0.2) is 0 Å². The average molecular weight is 203 g/mol. The van der Waals surface area contributed by atoms with Gasteiger partial charge >= 0.3 is 5.97 Å². The highest BCUT2D eigenvalue weighted by Crippen LogP contribution is 2.27. The number of esters is 1. The number of anilines is 1. The Morgan fingerprint density at radius 1 is 1.47 bits per heavy atom. The summed E-state index contributed by atoms with van der Waals surface area (Å²) in [6, 6.07) is 5.75. The van der Waals surface area contributed by atoms with Gasteiger partial charge in [0.2, 0.25) is 0 Å². The lowest BCUT2D eigenvalue weighted by atomic mass is 10.1. The second-order valence-corrected chi connectivity index (χ2v) is 3.47. The monoisotopic (exact) mass is 203 g/mol. The molecular formula is C12H13NO2. The first-order valence-electron chi connectivity index (χ1n) is 4.98. The fraction of sp³-hybridized carbons (Fsp3) is 0.250. The molecule has 0 radical (unpaired) electrons. The summed E-state index contributed by atoms with van der Waals surface area (Å²) >= 11 is 0. The van der Waals surface area contributed by atoms with Crippen molar-refractivity contribution in [2.24, 2.45) is 0 Å². The van der Waals surface area contributed by atoms with Gasteiger partial charge in [0.25, 0.3) is 0 Å². The quantitative estimate of drug-likeness (QED) is 0.464. The molecule has 1 aliphatic heterocycles. The number of carbonyl (C=O) groups excluding carboxylic acids is 1. The molecule has 1 aliphatic rings. The standard InChI is InChI=1S/C12H13NO2/c1-2-7-13-10-4-5-11-9(8-10)3-6-12(14)15-11/h2,4-5,8,13H,1,3,6-7H2. The van der Waals surface area contributed by atoms with Crippen molar-refractivity contribution >= 4 is 11.7 Å². The first-order chi connectivity index (χ1) is 7.29. The Hall–Kier alpha value is -1.77. The molecule has 0 atom stereocenters. The number of carbonyl (C=O) groups is 1. The summed E-state index contributed by atoms with van der Waals surface area (Å²) in [5.74, 6) is 0.546. The molecule has 3 nitrogen and oxygen atoms in total. The van der Waals surface area contributed by atoms with E-state index in [4.69, 9.17) is 4.74 Å². The third-order valence-electron chi connectivity index (χ3n) is 2.33. The molecule has 1 aromatic carbocycles. The van der Waals surface area contributed by atoms with E-state index in [9.17, 15) is 4.79 Å². The molecule has 2 rings (SSSR count). The summed E-state index contributed by atoms with van der Waals surface area (Å²) in [4.78, 5) is 11.0. The van der Waals surface area contributed by atoms with Crippen LogP contribution in [0.3, 0.4) is 0 Å². The van der Waals surface area contributed by atoms with Gasteiger partial charge in [0.1, 0.15) is 5.75 Å². The number of benzene rings is 1. The molecule has 3 heteroatoms. The number of aryl methyl sites for hydroxylation is 1. The van der Waals surface area contributed by atoms with Crippen molar-refractivity contribution in [3.63, 3.8) is 0 Å². The van der Waals surface area contributed by atoms with Gasteiger partial charge in [-0.05, 0) is 30.2 Å². The highest BCUT2D eigenvalue weighted by molar-refractivity contribution is 5.75. The molecule has 0 bridgehead atoms. The molecule has 0 saturated carbocycles. The SMILES string of the molecule is C=CCNc1ccc2c(c1)CCC(=O)O2. The Morgan fingerprint density at radius 2 is 2.33 bits per heavy atom. The first-order valence-corrected chi connectivity index (χ1v) is 4.98. The largest absolute Gasteiger partial charge is 0.426 e. The highest BCUT2D eigenvalue weighted by Gasteiger charge is 2.16. The van der Waals surface area contributed by atoms with Crippen LogP contribution in [0.2, 0.25) is 0 Å². The van der Waals surface area contributed by atoms with Crippen LogP contribution >= 0.6 is 0 Å². The van der Waals surface area contributed by atoms with E-state index in [1.165, 1.54) is 0 Å². The number of hydrogen-bond acceptors (Lipinski definition) is 3. The van der Waals surface area contributed by atoms with E-state index in [-0.39, 0.29) is 5.97 Å². The van der Waals surface area contributed by atoms with Crippen molar-refractivity contribution in [1.29, 1.82) is 0 Å². The molecule has 0 amide bonds. The fourth-order valence-electron chi connectivity index (χ4n) is 1.58. The molecule has 0 aromatic heterocycles. The fourth-order valence-corrected chi connectivity index (χ4v) is 1.58. The topological polar surface area (TPSA) is 38.3 Å². The molecule has 0 fully saturated rings. The number of rotatable bonds is 3. The van der Waals surface area contributed by atoms with Crippen LogP contribution in [0.5, 0.6) is 5.75 Å². The lowest BCUT2D eigenvalue weighted by Gasteiger charge is -2.16. The molecule has 1 aromatic rings. The van der Waals surface area contributed by atoms with Crippen molar-refractivity contribution in [1.82, 2.24) is 0 Å².